The molecule has 3 nitrogen and oxygen atoms in total. The molecule has 1 N–H and O–H groups in total. The molecule has 0 atom stereocenters. The highest BCUT2D eigenvalue weighted by molar-refractivity contribution is 7.99. The first-order valence-electron chi connectivity index (χ1n) is 7.97. The smallest absolute Gasteiger partial charge is 0.224 e. The lowest BCUT2D eigenvalue weighted by molar-refractivity contribution is -0.116. The van der Waals surface area contributed by atoms with Gasteiger partial charge < -0.3 is 5.32 Å². The van der Waals surface area contributed by atoms with Gasteiger partial charge in [-0.15, -0.1) is 23.1 Å². The average Bonchev–Trinajstić information content (AvgIpc) is 2.92. The van der Waals surface area contributed by atoms with Gasteiger partial charge in [0.15, 0.2) is 0 Å². The van der Waals surface area contributed by atoms with Crippen LogP contribution in [0.2, 0.25) is 0 Å². The normalized spacial score (nSPS) is 10.9. The summed E-state index contributed by atoms with van der Waals surface area (Å²) in [5.74, 6) is 1.01. The van der Waals surface area contributed by atoms with E-state index in [0.717, 1.165) is 33.1 Å². The summed E-state index contributed by atoms with van der Waals surface area (Å²) < 4.78 is 1.15. The number of carbonyl (C=O) groups excluding carboxylic acids is 1. The van der Waals surface area contributed by atoms with E-state index in [9.17, 15) is 4.79 Å². The van der Waals surface area contributed by atoms with Crippen LogP contribution in [0.5, 0.6) is 0 Å². The second-order valence-corrected chi connectivity index (χ2v) is 8.13. The molecule has 0 aliphatic heterocycles. The first-order chi connectivity index (χ1) is 11.6. The SMILES string of the molecule is Cc1ccc(SCCCC(=O)Nc2ccc3sc(C)nc3c2)cc1. The molecule has 1 heterocycles. The summed E-state index contributed by atoms with van der Waals surface area (Å²) in [6.45, 7) is 4.08. The topological polar surface area (TPSA) is 42.0 Å². The monoisotopic (exact) mass is 356 g/mol. The van der Waals surface area contributed by atoms with Crippen LogP contribution in [0.15, 0.2) is 47.4 Å². The van der Waals surface area contributed by atoms with Gasteiger partial charge in [0.1, 0.15) is 0 Å². The number of rotatable bonds is 6. The van der Waals surface area contributed by atoms with E-state index in [1.807, 2.05) is 25.1 Å². The standard InChI is InChI=1S/C19H20N2OS2/c1-13-5-8-16(9-6-13)23-11-3-4-19(22)21-15-7-10-18-17(12-15)20-14(2)24-18/h5-10,12H,3-4,11H2,1-2H3,(H,21,22). The zero-order valence-electron chi connectivity index (χ0n) is 13.8. The number of nitrogens with zero attached hydrogens (tertiary/aromatic N) is 1. The molecule has 0 saturated heterocycles. The Balaban J connectivity index is 1.45. The van der Waals surface area contributed by atoms with Gasteiger partial charge in [0, 0.05) is 17.0 Å². The van der Waals surface area contributed by atoms with Crippen molar-refractivity contribution in [3.63, 3.8) is 0 Å². The predicted molar refractivity (Wildman–Crippen MR) is 104 cm³/mol. The fourth-order valence-electron chi connectivity index (χ4n) is 2.40. The summed E-state index contributed by atoms with van der Waals surface area (Å²) in [7, 11) is 0. The van der Waals surface area contributed by atoms with Crippen LogP contribution >= 0.6 is 23.1 Å². The molecule has 0 saturated carbocycles. The number of benzene rings is 2. The largest absolute Gasteiger partial charge is 0.326 e. The van der Waals surface area contributed by atoms with Gasteiger partial charge in [-0.1, -0.05) is 17.7 Å². The summed E-state index contributed by atoms with van der Waals surface area (Å²) in [6.07, 6.45) is 1.40. The number of thioether (sulfide) groups is 1. The minimum absolute atomic E-state index is 0.0609. The van der Waals surface area contributed by atoms with E-state index in [0.29, 0.717) is 6.42 Å². The Morgan fingerprint density at radius 2 is 1.96 bits per heavy atom. The van der Waals surface area contributed by atoms with Crippen molar-refractivity contribution in [3.05, 3.63) is 53.0 Å². The van der Waals surface area contributed by atoms with Crippen LogP contribution in [0.25, 0.3) is 10.2 Å². The molecule has 2 aromatic carbocycles. The molecule has 0 unspecified atom stereocenters. The molecule has 24 heavy (non-hydrogen) atoms. The first-order valence-corrected chi connectivity index (χ1v) is 9.77. The molecule has 0 aliphatic rings. The Hall–Kier alpha value is -1.85. The molecule has 0 aliphatic carbocycles. The number of thiazole rings is 1. The number of fused-ring (bicyclic) bond motifs is 1. The maximum Gasteiger partial charge on any atom is 0.224 e. The lowest BCUT2D eigenvalue weighted by Crippen LogP contribution is -2.11. The van der Waals surface area contributed by atoms with Crippen molar-refractivity contribution in [2.45, 2.75) is 31.6 Å². The molecule has 1 aromatic heterocycles. The second kappa shape index (κ2) is 7.81. The van der Waals surface area contributed by atoms with Crippen molar-refractivity contribution in [1.29, 1.82) is 0 Å². The van der Waals surface area contributed by atoms with Gasteiger partial charge in [-0.3, -0.25) is 4.79 Å². The lowest BCUT2D eigenvalue weighted by Gasteiger charge is -2.05. The van der Waals surface area contributed by atoms with Crippen LogP contribution in [-0.4, -0.2) is 16.6 Å². The summed E-state index contributed by atoms with van der Waals surface area (Å²) in [6, 6.07) is 14.4. The molecule has 0 radical (unpaired) electrons. The van der Waals surface area contributed by atoms with Crippen molar-refractivity contribution < 1.29 is 4.79 Å². The third kappa shape index (κ3) is 4.58. The Bertz CT molecular complexity index is 840. The first kappa shape index (κ1) is 17.0. The molecule has 0 spiro atoms. The molecule has 124 valence electrons. The van der Waals surface area contributed by atoms with Crippen molar-refractivity contribution >= 4 is 44.9 Å². The van der Waals surface area contributed by atoms with Gasteiger partial charge in [-0.05, 0) is 56.4 Å². The van der Waals surface area contributed by atoms with E-state index in [2.05, 4.69) is 41.5 Å². The number of anilines is 1. The predicted octanol–water partition coefficient (Wildman–Crippen LogP) is 5.42. The summed E-state index contributed by atoms with van der Waals surface area (Å²) >= 11 is 3.46. The lowest BCUT2D eigenvalue weighted by atomic mass is 10.2. The van der Waals surface area contributed by atoms with Gasteiger partial charge in [0.2, 0.25) is 5.91 Å². The third-order valence-electron chi connectivity index (χ3n) is 3.62. The number of amides is 1. The Morgan fingerprint density at radius 3 is 2.75 bits per heavy atom. The van der Waals surface area contributed by atoms with Gasteiger partial charge in [-0.2, -0.15) is 0 Å². The van der Waals surface area contributed by atoms with Gasteiger partial charge in [0.25, 0.3) is 0 Å². The average molecular weight is 357 g/mol. The van der Waals surface area contributed by atoms with E-state index >= 15 is 0 Å². The van der Waals surface area contributed by atoms with Crippen LogP contribution in [0.1, 0.15) is 23.4 Å². The van der Waals surface area contributed by atoms with Crippen molar-refractivity contribution in [2.24, 2.45) is 0 Å². The van der Waals surface area contributed by atoms with Crippen LogP contribution in [0.4, 0.5) is 5.69 Å². The van der Waals surface area contributed by atoms with E-state index in [1.54, 1.807) is 23.1 Å². The number of nitrogens with one attached hydrogen (secondary N) is 1. The fourth-order valence-corrected chi connectivity index (χ4v) is 4.06. The number of hydrogen-bond donors (Lipinski definition) is 1. The van der Waals surface area contributed by atoms with Crippen LogP contribution in [0, 0.1) is 13.8 Å². The zero-order valence-corrected chi connectivity index (χ0v) is 15.5. The maximum absolute atomic E-state index is 12.1. The van der Waals surface area contributed by atoms with Crippen LogP contribution in [0.3, 0.4) is 0 Å². The fraction of sp³-hybridized carbons (Fsp3) is 0.263. The molecular formula is C19H20N2OS2. The number of aromatic nitrogens is 1. The summed E-state index contributed by atoms with van der Waals surface area (Å²) in [5, 5.41) is 4.01. The molecule has 3 aromatic rings. The van der Waals surface area contributed by atoms with Gasteiger partial charge in [-0.25, -0.2) is 4.98 Å². The van der Waals surface area contributed by atoms with Gasteiger partial charge >= 0.3 is 0 Å². The number of carbonyl (C=O) groups is 1. The minimum atomic E-state index is 0.0609. The van der Waals surface area contributed by atoms with Crippen LogP contribution in [-0.2, 0) is 4.79 Å². The minimum Gasteiger partial charge on any atom is -0.326 e. The summed E-state index contributed by atoms with van der Waals surface area (Å²) in [4.78, 5) is 17.8. The van der Waals surface area contributed by atoms with Crippen molar-refractivity contribution in [3.8, 4) is 0 Å². The van der Waals surface area contributed by atoms with E-state index < -0.39 is 0 Å². The highest BCUT2D eigenvalue weighted by atomic mass is 32.2. The quantitative estimate of drug-likeness (QED) is 0.473. The molecule has 5 heteroatoms. The van der Waals surface area contributed by atoms with Gasteiger partial charge in [0.05, 0.1) is 15.2 Å². The van der Waals surface area contributed by atoms with E-state index in [-0.39, 0.29) is 5.91 Å². The number of hydrogen-bond acceptors (Lipinski definition) is 4. The Labute approximate surface area is 150 Å². The molecule has 1 amide bonds. The molecule has 0 bridgehead atoms. The third-order valence-corrected chi connectivity index (χ3v) is 5.67. The van der Waals surface area contributed by atoms with Crippen molar-refractivity contribution in [2.75, 3.05) is 11.1 Å². The highest BCUT2D eigenvalue weighted by Gasteiger charge is 2.05. The molecule has 3 rings (SSSR count). The van der Waals surface area contributed by atoms with E-state index in [1.165, 1.54) is 10.5 Å². The molecule has 0 fully saturated rings. The Morgan fingerprint density at radius 1 is 1.17 bits per heavy atom. The molecular weight excluding hydrogens is 336 g/mol. The summed E-state index contributed by atoms with van der Waals surface area (Å²) in [5.41, 5.74) is 3.04. The van der Waals surface area contributed by atoms with Crippen LogP contribution < -0.4 is 5.32 Å². The zero-order chi connectivity index (χ0) is 16.9. The second-order valence-electron chi connectivity index (χ2n) is 5.73. The highest BCUT2D eigenvalue weighted by Crippen LogP contribution is 2.24. The van der Waals surface area contributed by atoms with Crippen molar-refractivity contribution in [1.82, 2.24) is 4.98 Å². The number of aryl methyl sites for hydroxylation is 2. The maximum atomic E-state index is 12.1. The van der Waals surface area contributed by atoms with E-state index in [4.69, 9.17) is 0 Å². The Kier molecular flexibility index (Phi) is 5.53.